The average molecular weight is 482 g/mol. The van der Waals surface area contributed by atoms with Crippen LogP contribution in [0.15, 0.2) is 67.3 Å². The molecule has 0 saturated carbocycles. The average Bonchev–Trinajstić information content (AvgIpc) is 3.43. The Morgan fingerprint density at radius 1 is 1.03 bits per heavy atom. The molecule has 5 rings (SSSR count). The molecule has 0 unspecified atom stereocenters. The van der Waals surface area contributed by atoms with Gasteiger partial charge in [-0.3, -0.25) is 0 Å². The van der Waals surface area contributed by atoms with Crippen LogP contribution in [-0.4, -0.2) is 44.3 Å². The number of anilines is 2. The molecule has 0 aliphatic heterocycles. The number of nitrogens with one attached hydrogen (secondary N) is 1. The Bertz CT molecular complexity index is 1450. The van der Waals surface area contributed by atoms with Gasteiger partial charge in [0.2, 0.25) is 0 Å². The van der Waals surface area contributed by atoms with Gasteiger partial charge in [-0.2, -0.15) is 4.79 Å². The second-order valence-electron chi connectivity index (χ2n) is 7.49. The van der Waals surface area contributed by atoms with Crippen LogP contribution in [0.3, 0.4) is 0 Å². The van der Waals surface area contributed by atoms with E-state index in [-0.39, 0.29) is 6.61 Å². The predicted molar refractivity (Wildman–Crippen MR) is 129 cm³/mol. The van der Waals surface area contributed by atoms with Crippen LogP contribution in [0.2, 0.25) is 5.02 Å². The summed E-state index contributed by atoms with van der Waals surface area (Å²) in [4.78, 5) is 9.28. The molecule has 0 amide bonds. The Kier molecular flexibility index (Phi) is 6.31. The molecular formula is C24H21ClFN5O3. The van der Waals surface area contributed by atoms with Gasteiger partial charge in [-0.15, -0.1) is 0 Å². The number of fused-ring (bicyclic) bond motifs is 2. The van der Waals surface area contributed by atoms with Crippen molar-refractivity contribution in [3.05, 3.63) is 72.3 Å². The van der Waals surface area contributed by atoms with Gasteiger partial charge < -0.3 is 24.5 Å². The highest BCUT2D eigenvalue weighted by Gasteiger charge is 2.13. The number of aromatic nitrogens is 4. The summed E-state index contributed by atoms with van der Waals surface area (Å²) in [5.74, 6) is 1.58. The molecule has 0 fully saturated rings. The molecular weight excluding hydrogens is 461 g/mol. The maximum atomic E-state index is 13.8. The van der Waals surface area contributed by atoms with E-state index in [4.69, 9.17) is 26.2 Å². The lowest BCUT2D eigenvalue weighted by molar-refractivity contribution is 0.0875. The highest BCUT2D eigenvalue weighted by atomic mass is 35.5. The van der Waals surface area contributed by atoms with Crippen molar-refractivity contribution in [2.45, 2.75) is 6.54 Å². The first-order valence-electron chi connectivity index (χ1n) is 10.6. The molecule has 10 heteroatoms. The van der Waals surface area contributed by atoms with Gasteiger partial charge in [-0.25, -0.2) is 9.97 Å². The largest absolute Gasteiger partial charge is 0.455 e. The van der Waals surface area contributed by atoms with Crippen LogP contribution in [0.4, 0.5) is 16.0 Å². The van der Waals surface area contributed by atoms with Crippen LogP contribution in [-0.2, 0) is 11.3 Å². The zero-order valence-electron chi connectivity index (χ0n) is 18.0. The fourth-order valence-electron chi connectivity index (χ4n) is 3.75. The lowest BCUT2D eigenvalue weighted by Crippen LogP contribution is -2.09. The van der Waals surface area contributed by atoms with Crippen LogP contribution in [0.5, 0.6) is 11.5 Å². The Hall–Kier alpha value is -3.66. The molecule has 0 spiro atoms. The van der Waals surface area contributed by atoms with E-state index in [9.17, 15) is 4.48 Å². The van der Waals surface area contributed by atoms with Crippen molar-refractivity contribution in [1.29, 1.82) is 0 Å². The fourth-order valence-corrected chi connectivity index (χ4v) is 3.97. The number of rotatable bonds is 9. The zero-order valence-corrected chi connectivity index (χ0v) is 18.7. The van der Waals surface area contributed by atoms with Gasteiger partial charge in [0.15, 0.2) is 5.82 Å². The highest BCUT2D eigenvalue weighted by molar-refractivity contribution is 6.32. The van der Waals surface area contributed by atoms with Crippen LogP contribution in [0.1, 0.15) is 0 Å². The first-order chi connectivity index (χ1) is 16.6. The summed E-state index contributed by atoms with van der Waals surface area (Å²) in [5, 5.41) is 13.2. The molecule has 5 aromatic rings. The maximum absolute atomic E-state index is 13.8. The summed E-state index contributed by atoms with van der Waals surface area (Å²) >= 11 is 6.51. The molecule has 0 bridgehead atoms. The quantitative estimate of drug-likeness (QED) is 0.277. The summed E-state index contributed by atoms with van der Waals surface area (Å²) < 4.78 is 27.2. The van der Waals surface area contributed by atoms with Crippen molar-refractivity contribution in [3.63, 3.8) is 0 Å². The first kappa shape index (κ1) is 22.1. The smallest absolute Gasteiger partial charge is 0.158 e. The second-order valence-corrected chi connectivity index (χ2v) is 7.90. The van der Waals surface area contributed by atoms with E-state index in [0.717, 1.165) is 16.7 Å². The molecule has 0 radical (unpaired) electrons. The lowest BCUT2D eigenvalue weighted by atomic mass is 10.2. The number of hydrogen-bond acceptors (Lipinski definition) is 6. The molecule has 3 aromatic heterocycles. The number of benzene rings is 2. The lowest BCUT2D eigenvalue weighted by Gasteiger charge is -2.13. The molecule has 3 heterocycles. The number of hydrogen-bond donors (Lipinski definition) is 2. The third-order valence-corrected chi connectivity index (χ3v) is 5.62. The van der Waals surface area contributed by atoms with Crippen molar-refractivity contribution >= 4 is 45.0 Å². The summed E-state index contributed by atoms with van der Waals surface area (Å²) in [5.41, 5.74) is 2.76. The van der Waals surface area contributed by atoms with Gasteiger partial charge in [0.1, 0.15) is 23.3 Å². The predicted octanol–water partition coefficient (Wildman–Crippen LogP) is 5.32. The minimum absolute atomic E-state index is 0.0133. The molecule has 0 aliphatic carbocycles. The number of nitrogens with zero attached hydrogens (tertiary/aromatic N) is 4. The van der Waals surface area contributed by atoms with Gasteiger partial charge in [0.25, 0.3) is 0 Å². The van der Waals surface area contributed by atoms with Crippen LogP contribution >= 0.6 is 11.6 Å². The number of ether oxygens (including phenoxy) is 2. The van der Waals surface area contributed by atoms with Crippen molar-refractivity contribution in [2.75, 3.05) is 25.1 Å². The van der Waals surface area contributed by atoms with E-state index in [1.807, 2.05) is 22.9 Å². The van der Waals surface area contributed by atoms with E-state index >= 15 is 0 Å². The number of halogens is 2. The summed E-state index contributed by atoms with van der Waals surface area (Å²) in [6.45, 7) is 1.32. The number of aliphatic hydroxyl groups is 1. The Morgan fingerprint density at radius 3 is 2.79 bits per heavy atom. The SMILES string of the molecule is OCCOCCn1ccc2ncnc(Nc3ccc(Oc4cccc5c4ccn5F)c(Cl)c3)c21. The molecule has 174 valence electrons. The summed E-state index contributed by atoms with van der Waals surface area (Å²) in [7, 11) is 0. The molecule has 0 aliphatic rings. The Morgan fingerprint density at radius 2 is 1.94 bits per heavy atom. The molecule has 2 N–H and O–H groups in total. The first-order valence-corrected chi connectivity index (χ1v) is 11.0. The van der Waals surface area contributed by atoms with E-state index in [1.54, 1.807) is 36.4 Å². The Balaban J connectivity index is 1.37. The minimum Gasteiger partial charge on any atom is -0.455 e. The van der Waals surface area contributed by atoms with Crippen molar-refractivity contribution in [1.82, 2.24) is 19.3 Å². The van der Waals surface area contributed by atoms with Gasteiger partial charge in [-0.05, 0) is 42.5 Å². The van der Waals surface area contributed by atoms with Gasteiger partial charge in [-0.1, -0.05) is 22.1 Å². The summed E-state index contributed by atoms with van der Waals surface area (Å²) in [6, 6.07) is 14.0. The third kappa shape index (κ3) is 4.41. The normalized spacial score (nSPS) is 11.4. The second kappa shape index (κ2) is 9.68. The van der Waals surface area contributed by atoms with Crippen LogP contribution in [0.25, 0.3) is 21.9 Å². The molecule has 8 nitrogen and oxygen atoms in total. The number of aliphatic hydroxyl groups excluding tert-OH is 1. The molecule has 0 saturated heterocycles. The fraction of sp³-hybridized carbons (Fsp3) is 0.167. The van der Waals surface area contributed by atoms with E-state index in [0.29, 0.717) is 57.8 Å². The van der Waals surface area contributed by atoms with Crippen molar-refractivity contribution in [3.8, 4) is 11.5 Å². The van der Waals surface area contributed by atoms with Crippen molar-refractivity contribution < 1.29 is 19.1 Å². The van der Waals surface area contributed by atoms with Crippen LogP contribution in [0, 0.1) is 0 Å². The maximum Gasteiger partial charge on any atom is 0.158 e. The van der Waals surface area contributed by atoms with E-state index in [2.05, 4.69) is 15.3 Å². The summed E-state index contributed by atoms with van der Waals surface area (Å²) in [6.07, 6.45) is 4.75. The molecule has 34 heavy (non-hydrogen) atoms. The van der Waals surface area contributed by atoms with Gasteiger partial charge in [0, 0.05) is 30.0 Å². The molecule has 0 atom stereocenters. The monoisotopic (exact) mass is 481 g/mol. The highest BCUT2D eigenvalue weighted by Crippen LogP contribution is 2.36. The standard InChI is InChI=1S/C24H21ClFN5O3/c25-18-14-16(4-5-22(18)34-21-3-1-2-20-17(21)6-9-31(20)26)29-24-23-19(27-15-28-24)7-8-30(23)10-12-33-13-11-32/h1-9,14-15,32H,10-13H2,(H,27,28,29). The van der Waals surface area contributed by atoms with Gasteiger partial charge in [0.05, 0.1) is 35.9 Å². The molecule has 2 aromatic carbocycles. The van der Waals surface area contributed by atoms with Crippen LogP contribution < -0.4 is 10.1 Å². The Labute approximate surface area is 199 Å². The zero-order chi connectivity index (χ0) is 23.5. The van der Waals surface area contributed by atoms with E-state index < -0.39 is 0 Å². The van der Waals surface area contributed by atoms with E-state index in [1.165, 1.54) is 12.5 Å². The topological polar surface area (TPSA) is 86.4 Å². The van der Waals surface area contributed by atoms with Gasteiger partial charge >= 0.3 is 0 Å². The van der Waals surface area contributed by atoms with Crippen molar-refractivity contribution in [2.24, 2.45) is 0 Å². The minimum atomic E-state index is -0.0133. The third-order valence-electron chi connectivity index (χ3n) is 5.32.